The van der Waals surface area contributed by atoms with Gasteiger partial charge in [0.15, 0.2) is 5.13 Å². The zero-order valence-electron chi connectivity index (χ0n) is 9.90. The second-order valence-electron chi connectivity index (χ2n) is 3.99. The number of anilines is 1. The van der Waals surface area contributed by atoms with E-state index in [0.717, 1.165) is 37.8 Å². The number of hydrogen-bond acceptors (Lipinski definition) is 5. The Morgan fingerprint density at radius 1 is 1.69 bits per heavy atom. The van der Waals surface area contributed by atoms with Crippen LogP contribution in [0.25, 0.3) is 0 Å². The predicted molar refractivity (Wildman–Crippen MR) is 67.1 cm³/mol. The normalized spacial score (nSPS) is 21.4. The SMILES string of the molecule is CCC1CN(c2ncc(CNC)s2)CCO1. The summed E-state index contributed by atoms with van der Waals surface area (Å²) in [5, 5.41) is 4.28. The largest absolute Gasteiger partial charge is 0.375 e. The molecule has 0 aromatic carbocycles. The summed E-state index contributed by atoms with van der Waals surface area (Å²) in [6.07, 6.45) is 3.41. The standard InChI is InChI=1S/C11H19N3OS/c1-3-9-8-14(4-5-15-9)11-13-7-10(16-11)6-12-2/h7,9,12H,3-6,8H2,1-2H3. The zero-order valence-corrected chi connectivity index (χ0v) is 10.7. The highest BCUT2D eigenvalue weighted by atomic mass is 32.1. The zero-order chi connectivity index (χ0) is 11.4. The smallest absolute Gasteiger partial charge is 0.185 e. The molecule has 0 radical (unpaired) electrons. The number of thiazole rings is 1. The lowest BCUT2D eigenvalue weighted by molar-refractivity contribution is 0.0384. The van der Waals surface area contributed by atoms with Crippen molar-refractivity contribution in [3.05, 3.63) is 11.1 Å². The molecule has 90 valence electrons. The summed E-state index contributed by atoms with van der Waals surface area (Å²) in [6, 6.07) is 0. The van der Waals surface area contributed by atoms with Crippen LogP contribution < -0.4 is 10.2 Å². The van der Waals surface area contributed by atoms with Gasteiger partial charge in [0.1, 0.15) is 0 Å². The van der Waals surface area contributed by atoms with Gasteiger partial charge in [-0.3, -0.25) is 0 Å². The van der Waals surface area contributed by atoms with Crippen LogP contribution in [0.15, 0.2) is 6.20 Å². The van der Waals surface area contributed by atoms with E-state index in [4.69, 9.17) is 4.74 Å². The van der Waals surface area contributed by atoms with E-state index < -0.39 is 0 Å². The minimum absolute atomic E-state index is 0.366. The van der Waals surface area contributed by atoms with Crippen LogP contribution >= 0.6 is 11.3 Å². The molecule has 2 rings (SSSR count). The van der Waals surface area contributed by atoms with Crippen LogP contribution in [-0.2, 0) is 11.3 Å². The van der Waals surface area contributed by atoms with Gasteiger partial charge in [-0.2, -0.15) is 0 Å². The Kier molecular flexibility index (Phi) is 4.15. The lowest BCUT2D eigenvalue weighted by Gasteiger charge is -2.32. The third-order valence-corrected chi connectivity index (χ3v) is 3.82. The predicted octanol–water partition coefficient (Wildman–Crippen LogP) is 1.48. The molecular weight excluding hydrogens is 222 g/mol. The van der Waals surface area contributed by atoms with E-state index in [1.807, 2.05) is 13.2 Å². The minimum Gasteiger partial charge on any atom is -0.375 e. The molecule has 1 aromatic heterocycles. The topological polar surface area (TPSA) is 37.4 Å². The molecule has 1 unspecified atom stereocenters. The number of rotatable bonds is 4. The summed E-state index contributed by atoms with van der Waals surface area (Å²) in [7, 11) is 1.96. The number of aromatic nitrogens is 1. The third-order valence-electron chi connectivity index (χ3n) is 2.76. The Morgan fingerprint density at radius 2 is 2.56 bits per heavy atom. The molecule has 0 spiro atoms. The van der Waals surface area contributed by atoms with Gasteiger partial charge in [0, 0.05) is 30.7 Å². The molecule has 5 heteroatoms. The summed E-state index contributed by atoms with van der Waals surface area (Å²) in [4.78, 5) is 8.10. The second-order valence-corrected chi connectivity index (χ2v) is 5.08. The fourth-order valence-corrected chi connectivity index (χ4v) is 2.80. The Bertz CT molecular complexity index is 329. The van der Waals surface area contributed by atoms with Crippen LogP contribution in [0.3, 0.4) is 0 Å². The first-order chi connectivity index (χ1) is 7.83. The van der Waals surface area contributed by atoms with Crippen LogP contribution in [0, 0.1) is 0 Å². The summed E-state index contributed by atoms with van der Waals surface area (Å²) < 4.78 is 5.66. The molecule has 0 amide bonds. The molecule has 0 saturated carbocycles. The highest BCUT2D eigenvalue weighted by Gasteiger charge is 2.21. The highest BCUT2D eigenvalue weighted by molar-refractivity contribution is 7.15. The molecule has 2 heterocycles. The first kappa shape index (κ1) is 11.8. The molecule has 1 aromatic rings. The van der Waals surface area contributed by atoms with Gasteiger partial charge < -0.3 is 15.0 Å². The summed E-state index contributed by atoms with van der Waals surface area (Å²) in [6.45, 7) is 5.83. The molecule has 0 aliphatic carbocycles. The number of morpholine rings is 1. The van der Waals surface area contributed by atoms with Crippen molar-refractivity contribution in [3.8, 4) is 0 Å². The molecule has 0 bridgehead atoms. The lowest BCUT2D eigenvalue weighted by Crippen LogP contribution is -2.42. The highest BCUT2D eigenvalue weighted by Crippen LogP contribution is 2.24. The van der Waals surface area contributed by atoms with E-state index in [1.165, 1.54) is 4.88 Å². The van der Waals surface area contributed by atoms with Crippen molar-refractivity contribution < 1.29 is 4.74 Å². The van der Waals surface area contributed by atoms with Crippen molar-refractivity contribution in [1.82, 2.24) is 10.3 Å². The fraction of sp³-hybridized carbons (Fsp3) is 0.727. The molecule has 1 saturated heterocycles. The van der Waals surface area contributed by atoms with Gasteiger partial charge in [-0.1, -0.05) is 6.92 Å². The van der Waals surface area contributed by atoms with Gasteiger partial charge in [-0.25, -0.2) is 4.98 Å². The first-order valence-corrected chi connectivity index (χ1v) is 6.61. The number of nitrogens with zero attached hydrogens (tertiary/aromatic N) is 2. The van der Waals surface area contributed by atoms with Gasteiger partial charge in [-0.15, -0.1) is 11.3 Å². The molecule has 1 atom stereocenters. The Morgan fingerprint density at radius 3 is 3.31 bits per heavy atom. The first-order valence-electron chi connectivity index (χ1n) is 5.79. The molecule has 1 fully saturated rings. The van der Waals surface area contributed by atoms with Gasteiger partial charge in [0.25, 0.3) is 0 Å². The van der Waals surface area contributed by atoms with Gasteiger partial charge in [-0.05, 0) is 13.5 Å². The van der Waals surface area contributed by atoms with E-state index in [-0.39, 0.29) is 0 Å². The average molecular weight is 241 g/mol. The molecule has 1 aliphatic heterocycles. The van der Waals surface area contributed by atoms with Crippen LogP contribution in [0.4, 0.5) is 5.13 Å². The summed E-state index contributed by atoms with van der Waals surface area (Å²) >= 11 is 1.77. The van der Waals surface area contributed by atoms with Crippen molar-refractivity contribution in [2.75, 3.05) is 31.6 Å². The third kappa shape index (κ3) is 2.72. The Balaban J connectivity index is 1.99. The van der Waals surface area contributed by atoms with Crippen molar-refractivity contribution in [3.63, 3.8) is 0 Å². The fourth-order valence-electron chi connectivity index (χ4n) is 1.84. The number of nitrogens with one attached hydrogen (secondary N) is 1. The molecular formula is C11H19N3OS. The van der Waals surface area contributed by atoms with Gasteiger partial charge in [0.2, 0.25) is 0 Å². The van der Waals surface area contributed by atoms with Crippen molar-refractivity contribution in [1.29, 1.82) is 0 Å². The average Bonchev–Trinajstić information content (AvgIpc) is 2.78. The van der Waals surface area contributed by atoms with E-state index in [9.17, 15) is 0 Å². The van der Waals surface area contributed by atoms with Crippen LogP contribution in [-0.4, -0.2) is 37.8 Å². The van der Waals surface area contributed by atoms with E-state index in [2.05, 4.69) is 22.1 Å². The molecule has 4 nitrogen and oxygen atoms in total. The van der Waals surface area contributed by atoms with Gasteiger partial charge >= 0.3 is 0 Å². The summed E-state index contributed by atoms with van der Waals surface area (Å²) in [5.41, 5.74) is 0. The monoisotopic (exact) mass is 241 g/mol. The van der Waals surface area contributed by atoms with E-state index in [0.29, 0.717) is 6.10 Å². The maximum absolute atomic E-state index is 5.66. The van der Waals surface area contributed by atoms with Crippen molar-refractivity contribution in [2.45, 2.75) is 26.0 Å². The Hall–Kier alpha value is -0.650. The minimum atomic E-state index is 0.366. The molecule has 16 heavy (non-hydrogen) atoms. The maximum Gasteiger partial charge on any atom is 0.185 e. The van der Waals surface area contributed by atoms with Crippen LogP contribution in [0.1, 0.15) is 18.2 Å². The van der Waals surface area contributed by atoms with Gasteiger partial charge in [0.05, 0.1) is 12.7 Å². The number of ether oxygens (including phenoxy) is 1. The second kappa shape index (κ2) is 5.61. The maximum atomic E-state index is 5.66. The Labute approximate surface area is 101 Å². The van der Waals surface area contributed by atoms with Crippen LogP contribution in [0.2, 0.25) is 0 Å². The van der Waals surface area contributed by atoms with Crippen LogP contribution in [0.5, 0.6) is 0 Å². The molecule has 1 N–H and O–H groups in total. The lowest BCUT2D eigenvalue weighted by atomic mass is 10.2. The quantitative estimate of drug-likeness (QED) is 0.866. The van der Waals surface area contributed by atoms with Crippen molar-refractivity contribution >= 4 is 16.5 Å². The van der Waals surface area contributed by atoms with E-state index >= 15 is 0 Å². The molecule has 1 aliphatic rings. The van der Waals surface area contributed by atoms with Crippen molar-refractivity contribution in [2.24, 2.45) is 0 Å². The number of hydrogen-bond donors (Lipinski definition) is 1. The van der Waals surface area contributed by atoms with E-state index in [1.54, 1.807) is 11.3 Å². The summed E-state index contributed by atoms with van der Waals surface area (Å²) in [5.74, 6) is 0.